The molecule has 0 spiro atoms. The van der Waals surface area contributed by atoms with Gasteiger partial charge in [0.2, 0.25) is 5.95 Å². The summed E-state index contributed by atoms with van der Waals surface area (Å²) in [6, 6.07) is 16.8. The number of hydrogen-bond donors (Lipinski definition) is 2. The van der Waals surface area contributed by atoms with Gasteiger partial charge in [0, 0.05) is 5.56 Å². The normalized spacial score (nSPS) is 16.5. The summed E-state index contributed by atoms with van der Waals surface area (Å²) in [5.74, 6) is 0.0333. The van der Waals surface area contributed by atoms with E-state index in [1.165, 1.54) is 12.0 Å². The van der Waals surface area contributed by atoms with Gasteiger partial charge in [-0.25, -0.2) is 4.98 Å². The van der Waals surface area contributed by atoms with Crippen molar-refractivity contribution in [1.82, 2.24) is 9.97 Å². The number of aliphatic hydroxyl groups is 1. The van der Waals surface area contributed by atoms with Crippen LogP contribution in [-0.4, -0.2) is 47.1 Å². The number of rotatable bonds is 9. The molecule has 9 heteroatoms. The number of Topliss-reactive ketones (excluding diaryl/α,β-unsaturated/α-hetero) is 1. The van der Waals surface area contributed by atoms with Gasteiger partial charge in [-0.2, -0.15) is 0 Å². The third-order valence-corrected chi connectivity index (χ3v) is 7.06. The fourth-order valence-corrected chi connectivity index (χ4v) is 5.14. The minimum Gasteiger partial charge on any atom is -0.507 e. The highest BCUT2D eigenvalue weighted by atomic mass is 16.5. The molecule has 5 rings (SSSR count). The van der Waals surface area contributed by atoms with Gasteiger partial charge < -0.3 is 24.3 Å². The standard InChI is InChI=1S/C32H33N3O6/c1-6-40-24-14-13-20(16-21(24)18(3)4)29(36)27-28(19-12-15-25(39-5)26(17-19)41-7-2)35(31(38)30(27)37)32-33-22-10-8-9-11-23(22)34-32/h8-18,28,36H,6-7H2,1-5H3,(H,33,34)/b29-27+. The molecule has 1 aliphatic heterocycles. The number of nitrogens with zero attached hydrogens (tertiary/aromatic N) is 2. The van der Waals surface area contributed by atoms with Gasteiger partial charge in [-0.3, -0.25) is 14.5 Å². The van der Waals surface area contributed by atoms with Gasteiger partial charge in [0.05, 0.1) is 43.0 Å². The van der Waals surface area contributed by atoms with Crippen molar-refractivity contribution in [2.24, 2.45) is 0 Å². The topological polar surface area (TPSA) is 114 Å². The van der Waals surface area contributed by atoms with Gasteiger partial charge in [0.1, 0.15) is 11.5 Å². The van der Waals surface area contributed by atoms with Crippen molar-refractivity contribution in [3.63, 3.8) is 0 Å². The number of para-hydroxylation sites is 2. The van der Waals surface area contributed by atoms with Gasteiger partial charge >= 0.3 is 5.91 Å². The fraction of sp³-hybridized carbons (Fsp3) is 0.281. The van der Waals surface area contributed by atoms with Crippen molar-refractivity contribution in [3.05, 3.63) is 82.9 Å². The Kier molecular flexibility index (Phi) is 7.70. The van der Waals surface area contributed by atoms with Crippen molar-refractivity contribution in [1.29, 1.82) is 0 Å². The van der Waals surface area contributed by atoms with E-state index in [1.807, 2.05) is 52.0 Å². The molecule has 1 amide bonds. The number of methoxy groups -OCH3 is 1. The molecule has 41 heavy (non-hydrogen) atoms. The molecule has 1 saturated heterocycles. The quantitative estimate of drug-likeness (QED) is 0.145. The maximum Gasteiger partial charge on any atom is 0.302 e. The maximum atomic E-state index is 13.7. The Morgan fingerprint density at radius 2 is 1.68 bits per heavy atom. The third kappa shape index (κ3) is 4.99. The summed E-state index contributed by atoms with van der Waals surface area (Å²) in [6.07, 6.45) is 0. The number of aliphatic hydroxyl groups excluding tert-OH is 1. The highest BCUT2D eigenvalue weighted by Gasteiger charge is 2.48. The summed E-state index contributed by atoms with van der Waals surface area (Å²) < 4.78 is 17.0. The lowest BCUT2D eigenvalue weighted by molar-refractivity contribution is -0.132. The van der Waals surface area contributed by atoms with Gasteiger partial charge in [-0.15, -0.1) is 0 Å². The average molecular weight is 556 g/mol. The van der Waals surface area contributed by atoms with E-state index in [0.717, 1.165) is 5.56 Å². The number of amides is 1. The minimum atomic E-state index is -0.991. The molecule has 212 valence electrons. The second-order valence-corrected chi connectivity index (χ2v) is 9.93. The number of ketones is 1. The first-order chi connectivity index (χ1) is 19.8. The van der Waals surface area contributed by atoms with Crippen LogP contribution in [0.2, 0.25) is 0 Å². The second kappa shape index (κ2) is 11.4. The zero-order valence-electron chi connectivity index (χ0n) is 23.7. The van der Waals surface area contributed by atoms with Crippen LogP contribution in [0.15, 0.2) is 66.2 Å². The summed E-state index contributed by atoms with van der Waals surface area (Å²) in [5.41, 5.74) is 3.12. The number of carbonyl (C=O) groups is 2. The maximum absolute atomic E-state index is 13.7. The highest BCUT2D eigenvalue weighted by molar-refractivity contribution is 6.51. The van der Waals surface area contributed by atoms with E-state index in [4.69, 9.17) is 14.2 Å². The van der Waals surface area contributed by atoms with Crippen LogP contribution in [0.4, 0.5) is 5.95 Å². The molecule has 1 atom stereocenters. The zero-order chi connectivity index (χ0) is 29.3. The van der Waals surface area contributed by atoms with E-state index in [9.17, 15) is 14.7 Å². The van der Waals surface area contributed by atoms with Crippen molar-refractivity contribution >= 4 is 34.4 Å². The molecule has 0 radical (unpaired) electrons. The van der Waals surface area contributed by atoms with E-state index in [2.05, 4.69) is 9.97 Å². The van der Waals surface area contributed by atoms with Crippen LogP contribution in [0.3, 0.4) is 0 Å². The molecule has 9 nitrogen and oxygen atoms in total. The number of fused-ring (bicyclic) bond motifs is 1. The molecule has 0 bridgehead atoms. The van der Waals surface area contributed by atoms with E-state index in [1.54, 1.807) is 36.4 Å². The number of H-pyrrole nitrogens is 1. The Morgan fingerprint density at radius 3 is 2.37 bits per heavy atom. The van der Waals surface area contributed by atoms with Gasteiger partial charge in [-0.05, 0) is 73.4 Å². The number of anilines is 1. The number of benzene rings is 3. The van der Waals surface area contributed by atoms with Crippen LogP contribution in [-0.2, 0) is 9.59 Å². The lowest BCUT2D eigenvalue weighted by atomic mass is 9.93. The molecule has 1 aliphatic rings. The van der Waals surface area contributed by atoms with Crippen molar-refractivity contribution < 1.29 is 28.9 Å². The number of imidazole rings is 1. The largest absolute Gasteiger partial charge is 0.507 e. The number of ether oxygens (including phenoxy) is 3. The molecular weight excluding hydrogens is 522 g/mol. The zero-order valence-corrected chi connectivity index (χ0v) is 23.7. The Hall–Kier alpha value is -4.79. The number of nitrogens with one attached hydrogen (secondary N) is 1. The van der Waals surface area contributed by atoms with E-state index >= 15 is 0 Å². The summed E-state index contributed by atoms with van der Waals surface area (Å²) >= 11 is 0. The summed E-state index contributed by atoms with van der Waals surface area (Å²) in [6.45, 7) is 8.68. The summed E-state index contributed by atoms with van der Waals surface area (Å²) in [4.78, 5) is 36.4. The van der Waals surface area contributed by atoms with Crippen LogP contribution in [0.1, 0.15) is 56.3 Å². The average Bonchev–Trinajstić information content (AvgIpc) is 3.51. The van der Waals surface area contributed by atoms with Crippen LogP contribution < -0.4 is 19.1 Å². The molecule has 2 heterocycles. The Morgan fingerprint density at radius 1 is 0.976 bits per heavy atom. The Labute approximate surface area is 238 Å². The first-order valence-electron chi connectivity index (χ1n) is 13.6. The first kappa shape index (κ1) is 27.8. The lowest BCUT2D eigenvalue weighted by Crippen LogP contribution is -2.30. The van der Waals surface area contributed by atoms with E-state index in [-0.39, 0.29) is 23.2 Å². The van der Waals surface area contributed by atoms with Crippen LogP contribution in [0, 0.1) is 0 Å². The molecule has 4 aromatic rings. The van der Waals surface area contributed by atoms with Crippen molar-refractivity contribution in [2.75, 3.05) is 25.2 Å². The van der Waals surface area contributed by atoms with Crippen molar-refractivity contribution in [3.8, 4) is 17.2 Å². The molecule has 0 saturated carbocycles. The predicted molar refractivity (Wildman–Crippen MR) is 157 cm³/mol. The molecule has 3 aromatic carbocycles. The predicted octanol–water partition coefficient (Wildman–Crippen LogP) is 6.12. The molecule has 1 aromatic heterocycles. The summed E-state index contributed by atoms with van der Waals surface area (Å²) in [7, 11) is 1.54. The monoisotopic (exact) mass is 555 g/mol. The van der Waals surface area contributed by atoms with E-state index < -0.39 is 17.7 Å². The minimum absolute atomic E-state index is 0.0538. The van der Waals surface area contributed by atoms with Crippen molar-refractivity contribution in [2.45, 2.75) is 39.7 Å². The van der Waals surface area contributed by atoms with Crippen LogP contribution >= 0.6 is 0 Å². The molecular formula is C32H33N3O6. The third-order valence-electron chi connectivity index (χ3n) is 7.06. The van der Waals surface area contributed by atoms with E-state index in [0.29, 0.717) is 52.6 Å². The lowest BCUT2D eigenvalue weighted by Gasteiger charge is -2.24. The Balaban J connectivity index is 1.74. The molecule has 2 N–H and O–H groups in total. The number of carbonyl (C=O) groups excluding carboxylic acids is 2. The molecule has 1 unspecified atom stereocenters. The van der Waals surface area contributed by atoms with Crippen LogP contribution in [0.25, 0.3) is 16.8 Å². The second-order valence-electron chi connectivity index (χ2n) is 9.93. The summed E-state index contributed by atoms with van der Waals surface area (Å²) in [5, 5.41) is 11.7. The number of aromatic amines is 1. The number of hydrogen-bond acceptors (Lipinski definition) is 7. The van der Waals surface area contributed by atoms with Gasteiger partial charge in [0.15, 0.2) is 11.5 Å². The Bertz CT molecular complexity index is 1620. The smallest absolute Gasteiger partial charge is 0.302 e. The highest BCUT2D eigenvalue weighted by Crippen LogP contribution is 2.44. The molecule has 0 aliphatic carbocycles. The number of aromatic nitrogens is 2. The molecule has 1 fully saturated rings. The SMILES string of the molecule is CCOc1cc(C2/C(=C(\O)c3ccc(OCC)c(C(C)C)c3)C(=O)C(=O)N2c2nc3ccccc3[nH]2)ccc1OC. The van der Waals surface area contributed by atoms with Crippen LogP contribution in [0.5, 0.6) is 17.2 Å². The fourth-order valence-electron chi connectivity index (χ4n) is 5.14. The van der Waals surface area contributed by atoms with Gasteiger partial charge in [-0.1, -0.05) is 32.0 Å². The first-order valence-corrected chi connectivity index (χ1v) is 13.6. The van der Waals surface area contributed by atoms with Gasteiger partial charge in [0.25, 0.3) is 5.78 Å².